The van der Waals surface area contributed by atoms with Gasteiger partial charge in [0.15, 0.2) is 0 Å². The molecule has 0 N–H and O–H groups in total. The minimum atomic E-state index is 1.02. The van der Waals surface area contributed by atoms with E-state index in [1.807, 2.05) is 0 Å². The second-order valence-corrected chi connectivity index (χ2v) is 3.39. The van der Waals surface area contributed by atoms with Crippen LogP contribution in [0.2, 0.25) is 0 Å². The Bertz CT molecular complexity index is 286. The molecule has 0 spiro atoms. The topological polar surface area (TPSA) is 17.8 Å². The van der Waals surface area contributed by atoms with Crippen LogP contribution >= 0.6 is 0 Å². The molecule has 0 atom stereocenters. The molecule has 2 nitrogen and oxygen atoms in total. The van der Waals surface area contributed by atoms with Crippen molar-refractivity contribution in [1.29, 1.82) is 0 Å². The first-order chi connectivity index (χ1) is 5.86. The Morgan fingerprint density at radius 1 is 1.33 bits per heavy atom. The first kappa shape index (κ1) is 7.84. The van der Waals surface area contributed by atoms with Gasteiger partial charge in [-0.2, -0.15) is 5.10 Å². The van der Waals surface area contributed by atoms with Crippen molar-refractivity contribution in [3.05, 3.63) is 17.0 Å². The largest absolute Gasteiger partial charge is 0.269 e. The van der Waals surface area contributed by atoms with Crippen LogP contribution in [0, 0.1) is 0 Å². The Morgan fingerprint density at radius 3 is 2.83 bits per heavy atom. The third-order valence-corrected chi connectivity index (χ3v) is 2.72. The van der Waals surface area contributed by atoms with Crippen molar-refractivity contribution in [2.45, 2.75) is 46.1 Å². The second-order valence-electron chi connectivity index (χ2n) is 3.39. The van der Waals surface area contributed by atoms with Gasteiger partial charge in [-0.15, -0.1) is 0 Å². The van der Waals surface area contributed by atoms with Gasteiger partial charge in [0, 0.05) is 12.2 Å². The molecule has 12 heavy (non-hydrogen) atoms. The van der Waals surface area contributed by atoms with Crippen molar-refractivity contribution in [3.63, 3.8) is 0 Å². The molecule has 1 aliphatic carbocycles. The normalized spacial score (nSPS) is 15.2. The van der Waals surface area contributed by atoms with Crippen LogP contribution in [0.15, 0.2) is 0 Å². The molecule has 2 heteroatoms. The van der Waals surface area contributed by atoms with Crippen molar-refractivity contribution in [3.8, 4) is 0 Å². The van der Waals surface area contributed by atoms with E-state index in [0.29, 0.717) is 0 Å². The fourth-order valence-corrected chi connectivity index (χ4v) is 2.17. The van der Waals surface area contributed by atoms with E-state index in [0.717, 1.165) is 13.0 Å². The van der Waals surface area contributed by atoms with Crippen molar-refractivity contribution in [1.82, 2.24) is 9.78 Å². The fraction of sp³-hybridized carbons (Fsp3) is 0.700. The van der Waals surface area contributed by atoms with Crippen molar-refractivity contribution >= 4 is 0 Å². The molecule has 0 saturated carbocycles. The molecule has 0 saturated heterocycles. The average Bonchev–Trinajstić information content (AvgIpc) is 2.61. The van der Waals surface area contributed by atoms with Gasteiger partial charge in [0.1, 0.15) is 0 Å². The summed E-state index contributed by atoms with van der Waals surface area (Å²) in [6.07, 6.45) is 4.92. The monoisotopic (exact) mass is 164 g/mol. The molecule has 2 rings (SSSR count). The van der Waals surface area contributed by atoms with Crippen molar-refractivity contribution in [2.75, 3.05) is 0 Å². The smallest absolute Gasteiger partial charge is 0.0659 e. The summed E-state index contributed by atoms with van der Waals surface area (Å²) in [4.78, 5) is 0. The van der Waals surface area contributed by atoms with E-state index in [9.17, 15) is 0 Å². The quantitative estimate of drug-likeness (QED) is 0.653. The zero-order valence-corrected chi connectivity index (χ0v) is 7.93. The van der Waals surface area contributed by atoms with Crippen LogP contribution < -0.4 is 0 Å². The lowest BCUT2D eigenvalue weighted by atomic mass is 10.1. The average molecular weight is 164 g/mol. The minimum absolute atomic E-state index is 1.02. The van der Waals surface area contributed by atoms with Gasteiger partial charge in [0.2, 0.25) is 0 Å². The van der Waals surface area contributed by atoms with Gasteiger partial charge in [-0.1, -0.05) is 6.92 Å². The molecule has 0 radical (unpaired) electrons. The first-order valence-corrected chi connectivity index (χ1v) is 4.94. The van der Waals surface area contributed by atoms with Gasteiger partial charge in [-0.25, -0.2) is 0 Å². The Kier molecular flexibility index (Phi) is 1.91. The zero-order valence-electron chi connectivity index (χ0n) is 7.93. The van der Waals surface area contributed by atoms with E-state index in [1.54, 1.807) is 5.56 Å². The SMILES string of the molecule is CCc1c2c(nn1CC)CCC2. The highest BCUT2D eigenvalue weighted by Crippen LogP contribution is 2.24. The van der Waals surface area contributed by atoms with E-state index < -0.39 is 0 Å². The Balaban J connectivity index is 2.46. The summed E-state index contributed by atoms with van der Waals surface area (Å²) in [5.74, 6) is 0. The highest BCUT2D eigenvalue weighted by Gasteiger charge is 2.19. The number of fused-ring (bicyclic) bond motifs is 1. The van der Waals surface area contributed by atoms with Crippen molar-refractivity contribution in [2.24, 2.45) is 0 Å². The highest BCUT2D eigenvalue weighted by atomic mass is 15.3. The molecule has 66 valence electrons. The molecule has 0 fully saturated rings. The summed E-state index contributed by atoms with van der Waals surface area (Å²) in [6.45, 7) is 5.42. The molecular formula is C10H16N2. The fourth-order valence-electron chi connectivity index (χ4n) is 2.17. The van der Waals surface area contributed by atoms with E-state index >= 15 is 0 Å². The lowest BCUT2D eigenvalue weighted by Crippen LogP contribution is -2.03. The molecule has 1 heterocycles. The molecule has 0 amide bonds. The van der Waals surface area contributed by atoms with Gasteiger partial charge >= 0.3 is 0 Å². The van der Waals surface area contributed by atoms with Gasteiger partial charge < -0.3 is 0 Å². The van der Waals surface area contributed by atoms with Gasteiger partial charge in [-0.3, -0.25) is 4.68 Å². The number of rotatable bonds is 2. The van der Waals surface area contributed by atoms with Crippen LogP contribution in [0.4, 0.5) is 0 Å². The summed E-state index contributed by atoms with van der Waals surface area (Å²) < 4.78 is 2.17. The maximum atomic E-state index is 4.60. The summed E-state index contributed by atoms with van der Waals surface area (Å²) in [6, 6.07) is 0. The van der Waals surface area contributed by atoms with Crippen LogP contribution in [0.3, 0.4) is 0 Å². The van der Waals surface area contributed by atoms with Crippen LogP contribution in [0.5, 0.6) is 0 Å². The Hall–Kier alpha value is -0.790. The standard InChI is InChI=1S/C10H16N2/c1-3-10-8-6-5-7-9(8)11-12(10)4-2/h3-7H2,1-2H3. The Morgan fingerprint density at radius 2 is 2.17 bits per heavy atom. The minimum Gasteiger partial charge on any atom is -0.269 e. The maximum Gasteiger partial charge on any atom is 0.0659 e. The predicted octanol–water partition coefficient (Wildman–Crippen LogP) is 1.95. The zero-order chi connectivity index (χ0) is 8.55. The highest BCUT2D eigenvalue weighted by molar-refractivity contribution is 5.30. The third kappa shape index (κ3) is 0.977. The summed E-state index contributed by atoms with van der Waals surface area (Å²) in [7, 11) is 0. The summed E-state index contributed by atoms with van der Waals surface area (Å²) in [5.41, 5.74) is 4.40. The van der Waals surface area contributed by atoms with Crippen LogP contribution in [0.1, 0.15) is 37.2 Å². The van der Waals surface area contributed by atoms with Gasteiger partial charge in [0.05, 0.1) is 5.69 Å². The number of hydrogen-bond acceptors (Lipinski definition) is 1. The van der Waals surface area contributed by atoms with Crippen LogP contribution in [0.25, 0.3) is 0 Å². The lowest BCUT2D eigenvalue weighted by molar-refractivity contribution is 0.608. The lowest BCUT2D eigenvalue weighted by Gasteiger charge is -2.03. The molecular weight excluding hydrogens is 148 g/mol. The van der Waals surface area contributed by atoms with Crippen molar-refractivity contribution < 1.29 is 0 Å². The second kappa shape index (κ2) is 2.92. The van der Waals surface area contributed by atoms with E-state index in [2.05, 4.69) is 23.6 Å². The van der Waals surface area contributed by atoms with Crippen LogP contribution in [-0.4, -0.2) is 9.78 Å². The molecule has 1 aliphatic rings. The number of aryl methyl sites for hydroxylation is 2. The van der Waals surface area contributed by atoms with Crippen LogP contribution in [-0.2, 0) is 25.8 Å². The summed E-state index contributed by atoms with van der Waals surface area (Å²) >= 11 is 0. The number of nitrogens with zero attached hydrogens (tertiary/aromatic N) is 2. The van der Waals surface area contributed by atoms with Gasteiger partial charge in [-0.05, 0) is 38.2 Å². The number of hydrogen-bond donors (Lipinski definition) is 0. The molecule has 0 unspecified atom stereocenters. The molecule has 1 aromatic heterocycles. The van der Waals surface area contributed by atoms with E-state index in [-0.39, 0.29) is 0 Å². The molecule has 0 aromatic carbocycles. The Labute approximate surface area is 73.6 Å². The molecule has 1 aromatic rings. The van der Waals surface area contributed by atoms with E-state index in [4.69, 9.17) is 0 Å². The first-order valence-electron chi connectivity index (χ1n) is 4.94. The number of aromatic nitrogens is 2. The molecule has 0 bridgehead atoms. The van der Waals surface area contributed by atoms with Gasteiger partial charge in [0.25, 0.3) is 0 Å². The predicted molar refractivity (Wildman–Crippen MR) is 49.3 cm³/mol. The maximum absolute atomic E-state index is 4.60. The summed E-state index contributed by atoms with van der Waals surface area (Å²) in [5, 5.41) is 4.60. The van der Waals surface area contributed by atoms with E-state index in [1.165, 1.54) is 30.7 Å². The molecule has 0 aliphatic heterocycles. The third-order valence-electron chi connectivity index (χ3n) is 2.72.